The highest BCUT2D eigenvalue weighted by Crippen LogP contribution is 2.33. The van der Waals surface area contributed by atoms with Crippen LogP contribution >= 0.6 is 0 Å². The number of hydrogen-bond donors (Lipinski definition) is 1. The Balaban J connectivity index is 1.44. The first kappa shape index (κ1) is 27.8. The molecule has 1 aromatic rings. The molecule has 2 saturated heterocycles. The zero-order valence-corrected chi connectivity index (χ0v) is 22.3. The van der Waals surface area contributed by atoms with Crippen LogP contribution in [0.25, 0.3) is 0 Å². The first-order valence-electron chi connectivity index (χ1n) is 13.6. The Bertz CT molecular complexity index is 846. The molecule has 8 heteroatoms. The van der Waals surface area contributed by atoms with Crippen molar-refractivity contribution in [2.24, 2.45) is 17.8 Å². The molecule has 0 radical (unpaired) electrons. The van der Waals surface area contributed by atoms with Gasteiger partial charge >= 0.3 is 12.0 Å². The van der Waals surface area contributed by atoms with Gasteiger partial charge < -0.3 is 24.6 Å². The number of amides is 3. The molecule has 3 rings (SSSR count). The Morgan fingerprint density at radius 1 is 0.917 bits per heavy atom. The van der Waals surface area contributed by atoms with E-state index in [1.165, 1.54) is 0 Å². The average Bonchev–Trinajstić information content (AvgIpc) is 2.90. The fourth-order valence-electron chi connectivity index (χ4n) is 5.29. The third kappa shape index (κ3) is 7.37. The predicted octanol–water partition coefficient (Wildman–Crippen LogP) is 4.09. The normalized spacial score (nSPS) is 19.0. The number of carbonyl (C=O) groups is 3. The van der Waals surface area contributed by atoms with Crippen molar-refractivity contribution in [2.75, 3.05) is 32.8 Å². The molecule has 2 fully saturated rings. The van der Waals surface area contributed by atoms with Gasteiger partial charge in [0.1, 0.15) is 11.8 Å². The van der Waals surface area contributed by atoms with E-state index in [1.54, 1.807) is 6.92 Å². The summed E-state index contributed by atoms with van der Waals surface area (Å²) in [5, 5.41) is 2.87. The molecule has 0 spiro atoms. The van der Waals surface area contributed by atoms with E-state index < -0.39 is 12.1 Å². The highest BCUT2D eigenvalue weighted by atomic mass is 16.5. The van der Waals surface area contributed by atoms with Crippen LogP contribution in [0.5, 0.6) is 5.75 Å². The molecule has 1 aromatic carbocycles. The zero-order valence-electron chi connectivity index (χ0n) is 22.3. The minimum atomic E-state index is -0.630. The molecule has 2 aliphatic rings. The minimum absolute atomic E-state index is 0.0381. The van der Waals surface area contributed by atoms with E-state index in [1.807, 2.05) is 60.9 Å². The average molecular weight is 502 g/mol. The SMILES string of the molecule is CCOC(=O)C(NC(=O)N1CCC(C2CCN(C(=O)C(CC)Oc3ccccc3)CC2)CC1)C(C)C. The quantitative estimate of drug-likeness (QED) is 0.515. The number of ether oxygens (including phenoxy) is 2. The van der Waals surface area contributed by atoms with Gasteiger partial charge in [0.15, 0.2) is 6.10 Å². The molecule has 0 aliphatic carbocycles. The standard InChI is InChI=1S/C28H43N3O5/c1-5-24(36-23-10-8-7-9-11-23)26(32)30-16-12-21(13-17-30)22-14-18-31(19-15-22)28(34)29-25(20(3)4)27(33)35-6-2/h7-11,20-22,24-25H,5-6,12-19H2,1-4H3,(H,29,34). The van der Waals surface area contributed by atoms with Crippen LogP contribution in [0.4, 0.5) is 4.79 Å². The molecular weight excluding hydrogens is 458 g/mol. The van der Waals surface area contributed by atoms with Crippen LogP contribution in [0.1, 0.15) is 59.8 Å². The number of piperidine rings is 2. The van der Waals surface area contributed by atoms with Gasteiger partial charge in [0, 0.05) is 26.2 Å². The van der Waals surface area contributed by atoms with E-state index in [0.29, 0.717) is 38.0 Å². The van der Waals surface area contributed by atoms with Gasteiger partial charge in [-0.05, 0) is 68.9 Å². The van der Waals surface area contributed by atoms with E-state index in [0.717, 1.165) is 44.5 Å². The summed E-state index contributed by atoms with van der Waals surface area (Å²) in [6, 6.07) is 8.71. The number of para-hydroxylation sites is 1. The van der Waals surface area contributed by atoms with Crippen LogP contribution in [0.3, 0.4) is 0 Å². The zero-order chi connectivity index (χ0) is 26.1. The number of carbonyl (C=O) groups excluding carboxylic acids is 3. The lowest BCUT2D eigenvalue weighted by Gasteiger charge is -2.41. The number of benzene rings is 1. The van der Waals surface area contributed by atoms with Crippen molar-refractivity contribution >= 4 is 17.9 Å². The molecule has 2 aliphatic heterocycles. The maximum absolute atomic E-state index is 13.1. The summed E-state index contributed by atoms with van der Waals surface area (Å²) in [4.78, 5) is 41.8. The molecule has 2 unspecified atom stereocenters. The Morgan fingerprint density at radius 2 is 1.47 bits per heavy atom. The van der Waals surface area contributed by atoms with Gasteiger partial charge in [-0.2, -0.15) is 0 Å². The monoisotopic (exact) mass is 501 g/mol. The smallest absolute Gasteiger partial charge is 0.328 e. The predicted molar refractivity (Wildman–Crippen MR) is 139 cm³/mol. The lowest BCUT2D eigenvalue weighted by molar-refractivity contribution is -0.146. The number of nitrogens with one attached hydrogen (secondary N) is 1. The Labute approximate surface area is 215 Å². The summed E-state index contributed by atoms with van der Waals surface area (Å²) >= 11 is 0. The van der Waals surface area contributed by atoms with Gasteiger partial charge in [-0.25, -0.2) is 9.59 Å². The summed E-state index contributed by atoms with van der Waals surface area (Å²) in [5.41, 5.74) is 0. The highest BCUT2D eigenvalue weighted by molar-refractivity contribution is 5.84. The summed E-state index contributed by atoms with van der Waals surface area (Å²) in [6.07, 6.45) is 4.07. The topological polar surface area (TPSA) is 88.2 Å². The van der Waals surface area contributed by atoms with E-state index in [2.05, 4.69) is 5.32 Å². The van der Waals surface area contributed by atoms with E-state index in [-0.39, 0.29) is 23.8 Å². The van der Waals surface area contributed by atoms with E-state index >= 15 is 0 Å². The second-order valence-corrected chi connectivity index (χ2v) is 10.2. The maximum Gasteiger partial charge on any atom is 0.328 e. The van der Waals surface area contributed by atoms with Crippen molar-refractivity contribution < 1.29 is 23.9 Å². The molecule has 2 heterocycles. The van der Waals surface area contributed by atoms with Crippen LogP contribution in [-0.2, 0) is 14.3 Å². The number of likely N-dealkylation sites (tertiary alicyclic amines) is 2. The van der Waals surface area contributed by atoms with Crippen LogP contribution in [0.15, 0.2) is 30.3 Å². The minimum Gasteiger partial charge on any atom is -0.481 e. The van der Waals surface area contributed by atoms with E-state index in [4.69, 9.17) is 9.47 Å². The molecule has 8 nitrogen and oxygen atoms in total. The van der Waals surface area contributed by atoms with Crippen LogP contribution in [0, 0.1) is 17.8 Å². The largest absolute Gasteiger partial charge is 0.481 e. The number of urea groups is 1. The van der Waals surface area contributed by atoms with Crippen molar-refractivity contribution in [1.29, 1.82) is 0 Å². The van der Waals surface area contributed by atoms with Gasteiger partial charge in [-0.15, -0.1) is 0 Å². The number of hydrogen-bond acceptors (Lipinski definition) is 5. The fourth-order valence-corrected chi connectivity index (χ4v) is 5.29. The molecule has 2 atom stereocenters. The number of esters is 1. The third-order valence-electron chi connectivity index (χ3n) is 7.50. The first-order valence-corrected chi connectivity index (χ1v) is 13.6. The molecule has 0 bridgehead atoms. The van der Waals surface area contributed by atoms with Gasteiger partial charge in [0.05, 0.1) is 6.61 Å². The van der Waals surface area contributed by atoms with Crippen LogP contribution in [0.2, 0.25) is 0 Å². The summed E-state index contributed by atoms with van der Waals surface area (Å²) in [7, 11) is 0. The van der Waals surface area contributed by atoms with Gasteiger partial charge in [-0.3, -0.25) is 4.79 Å². The van der Waals surface area contributed by atoms with E-state index in [9.17, 15) is 14.4 Å². The Hall–Kier alpha value is -2.77. The van der Waals surface area contributed by atoms with Gasteiger partial charge in [-0.1, -0.05) is 39.0 Å². The lowest BCUT2D eigenvalue weighted by Crippen LogP contribution is -2.53. The Kier molecular flexibility index (Phi) is 10.4. The van der Waals surface area contributed by atoms with Crippen molar-refractivity contribution in [3.05, 3.63) is 30.3 Å². The van der Waals surface area contributed by atoms with Crippen LogP contribution < -0.4 is 10.1 Å². The molecule has 3 amide bonds. The molecule has 0 saturated carbocycles. The molecular formula is C28H43N3O5. The first-order chi connectivity index (χ1) is 17.3. The Morgan fingerprint density at radius 3 is 1.97 bits per heavy atom. The summed E-state index contributed by atoms with van der Waals surface area (Å²) < 4.78 is 11.1. The number of nitrogens with zero attached hydrogens (tertiary/aromatic N) is 2. The third-order valence-corrected chi connectivity index (χ3v) is 7.50. The summed E-state index contributed by atoms with van der Waals surface area (Å²) in [6.45, 7) is 10.7. The highest BCUT2D eigenvalue weighted by Gasteiger charge is 2.35. The maximum atomic E-state index is 13.1. The molecule has 0 aromatic heterocycles. The second kappa shape index (κ2) is 13.5. The van der Waals surface area contributed by atoms with Crippen molar-refractivity contribution in [1.82, 2.24) is 15.1 Å². The van der Waals surface area contributed by atoms with Gasteiger partial charge in [0.2, 0.25) is 0 Å². The summed E-state index contributed by atoms with van der Waals surface area (Å²) in [5.74, 6) is 1.51. The fraction of sp³-hybridized carbons (Fsp3) is 0.679. The van der Waals surface area contributed by atoms with Crippen molar-refractivity contribution in [3.63, 3.8) is 0 Å². The van der Waals surface area contributed by atoms with Crippen molar-refractivity contribution in [3.8, 4) is 5.75 Å². The molecule has 1 N–H and O–H groups in total. The van der Waals surface area contributed by atoms with Crippen LogP contribution in [-0.4, -0.2) is 72.6 Å². The second-order valence-electron chi connectivity index (χ2n) is 10.2. The lowest BCUT2D eigenvalue weighted by atomic mass is 9.78. The van der Waals surface area contributed by atoms with Gasteiger partial charge in [0.25, 0.3) is 5.91 Å². The molecule has 200 valence electrons. The van der Waals surface area contributed by atoms with Crippen molar-refractivity contribution in [2.45, 2.75) is 71.9 Å². The number of rotatable bonds is 9. The molecule has 36 heavy (non-hydrogen) atoms.